The standard InChI is InChI=1S/C14H22N4O5/c1-14(2,3)22-13(21)18-10-6-8(11-15-7-16-23-11)4-5-9(10)17-12(19)20/h7-10,17H,4-6H2,1-3H3,(H,18,21)(H,19,20)/t8-,9-,10+/m0/s1. The Labute approximate surface area is 133 Å². The van der Waals surface area contributed by atoms with E-state index in [1.165, 1.54) is 6.33 Å². The van der Waals surface area contributed by atoms with Crippen LogP contribution in [0.15, 0.2) is 10.9 Å². The van der Waals surface area contributed by atoms with Crippen LogP contribution in [0.1, 0.15) is 51.8 Å². The van der Waals surface area contributed by atoms with Gasteiger partial charge >= 0.3 is 12.2 Å². The molecule has 1 aromatic heterocycles. The van der Waals surface area contributed by atoms with Crippen LogP contribution in [0.3, 0.4) is 0 Å². The molecule has 3 atom stereocenters. The first-order chi connectivity index (χ1) is 10.7. The lowest BCUT2D eigenvalue weighted by Crippen LogP contribution is -2.54. The first-order valence-electron chi connectivity index (χ1n) is 7.50. The quantitative estimate of drug-likeness (QED) is 0.773. The number of hydrogen-bond donors (Lipinski definition) is 3. The van der Waals surface area contributed by atoms with Gasteiger partial charge in [0.25, 0.3) is 0 Å². The molecule has 23 heavy (non-hydrogen) atoms. The summed E-state index contributed by atoms with van der Waals surface area (Å²) in [6.45, 7) is 5.30. The minimum absolute atomic E-state index is 0.0238. The second kappa shape index (κ2) is 6.84. The zero-order valence-corrected chi connectivity index (χ0v) is 13.4. The molecule has 0 aromatic carbocycles. The zero-order chi connectivity index (χ0) is 17.0. The van der Waals surface area contributed by atoms with Crippen molar-refractivity contribution in [3.63, 3.8) is 0 Å². The number of hydrogen-bond acceptors (Lipinski definition) is 6. The van der Waals surface area contributed by atoms with Gasteiger partial charge in [0.15, 0.2) is 6.33 Å². The largest absolute Gasteiger partial charge is 0.465 e. The van der Waals surface area contributed by atoms with E-state index < -0.39 is 23.8 Å². The minimum atomic E-state index is -1.12. The van der Waals surface area contributed by atoms with Crippen LogP contribution in [0.4, 0.5) is 9.59 Å². The van der Waals surface area contributed by atoms with Crippen LogP contribution in [-0.2, 0) is 4.74 Å². The molecule has 128 valence electrons. The lowest BCUT2D eigenvalue weighted by molar-refractivity contribution is 0.0471. The van der Waals surface area contributed by atoms with Crippen molar-refractivity contribution in [3.8, 4) is 0 Å². The highest BCUT2D eigenvalue weighted by atomic mass is 16.6. The van der Waals surface area contributed by atoms with E-state index in [0.717, 1.165) is 0 Å². The van der Waals surface area contributed by atoms with Crippen LogP contribution in [0.2, 0.25) is 0 Å². The van der Waals surface area contributed by atoms with E-state index in [1.54, 1.807) is 20.8 Å². The molecule has 9 nitrogen and oxygen atoms in total. The lowest BCUT2D eigenvalue weighted by Gasteiger charge is -2.35. The monoisotopic (exact) mass is 326 g/mol. The molecule has 0 radical (unpaired) electrons. The Morgan fingerprint density at radius 2 is 2.04 bits per heavy atom. The number of rotatable bonds is 3. The van der Waals surface area contributed by atoms with Gasteiger partial charge in [0.05, 0.1) is 12.1 Å². The summed E-state index contributed by atoms with van der Waals surface area (Å²) < 4.78 is 10.3. The van der Waals surface area contributed by atoms with E-state index in [0.29, 0.717) is 25.2 Å². The van der Waals surface area contributed by atoms with E-state index in [4.69, 9.17) is 14.4 Å². The highest BCUT2D eigenvalue weighted by molar-refractivity contribution is 5.69. The number of alkyl carbamates (subject to hydrolysis) is 1. The van der Waals surface area contributed by atoms with Crippen molar-refractivity contribution in [3.05, 3.63) is 12.2 Å². The Morgan fingerprint density at radius 3 is 2.61 bits per heavy atom. The second-order valence-electron chi connectivity index (χ2n) is 6.60. The van der Waals surface area contributed by atoms with Crippen molar-refractivity contribution in [1.29, 1.82) is 0 Å². The first kappa shape index (κ1) is 17.0. The van der Waals surface area contributed by atoms with Crippen molar-refractivity contribution in [2.75, 3.05) is 0 Å². The zero-order valence-electron chi connectivity index (χ0n) is 13.4. The third kappa shape index (κ3) is 5.11. The molecular formula is C14H22N4O5. The fraction of sp³-hybridized carbons (Fsp3) is 0.714. The highest BCUT2D eigenvalue weighted by Crippen LogP contribution is 2.32. The number of carbonyl (C=O) groups is 2. The molecule has 3 N–H and O–H groups in total. The predicted molar refractivity (Wildman–Crippen MR) is 79.0 cm³/mol. The van der Waals surface area contributed by atoms with E-state index in [1.807, 2.05) is 0 Å². The van der Waals surface area contributed by atoms with Crippen LogP contribution in [0, 0.1) is 0 Å². The summed E-state index contributed by atoms with van der Waals surface area (Å²) >= 11 is 0. The van der Waals surface area contributed by atoms with Gasteiger partial charge in [-0.1, -0.05) is 5.16 Å². The van der Waals surface area contributed by atoms with E-state index >= 15 is 0 Å². The summed E-state index contributed by atoms with van der Waals surface area (Å²) in [5.74, 6) is 0.471. The molecule has 1 aliphatic carbocycles. The summed E-state index contributed by atoms with van der Waals surface area (Å²) in [6, 6.07) is -0.800. The van der Waals surface area contributed by atoms with Gasteiger partial charge in [-0.2, -0.15) is 4.98 Å². The fourth-order valence-corrected chi connectivity index (χ4v) is 2.71. The van der Waals surface area contributed by atoms with Crippen molar-refractivity contribution < 1.29 is 24.0 Å². The first-order valence-corrected chi connectivity index (χ1v) is 7.50. The van der Waals surface area contributed by atoms with E-state index in [2.05, 4.69) is 20.8 Å². The molecule has 2 amide bonds. The number of amides is 2. The Hall–Kier alpha value is -2.32. The number of carbonyl (C=O) groups excluding carboxylic acids is 1. The van der Waals surface area contributed by atoms with Gasteiger partial charge < -0.3 is 25.0 Å². The Kier molecular flexibility index (Phi) is 5.07. The third-order valence-electron chi connectivity index (χ3n) is 3.59. The molecule has 1 aliphatic rings. The van der Waals surface area contributed by atoms with Crippen LogP contribution in [0.5, 0.6) is 0 Å². The molecule has 1 heterocycles. The number of nitrogens with one attached hydrogen (secondary N) is 2. The van der Waals surface area contributed by atoms with Crippen LogP contribution < -0.4 is 10.6 Å². The smallest absolute Gasteiger partial charge is 0.407 e. The van der Waals surface area contributed by atoms with Gasteiger partial charge in [-0.3, -0.25) is 0 Å². The predicted octanol–water partition coefficient (Wildman–Crippen LogP) is 1.87. The van der Waals surface area contributed by atoms with Gasteiger partial charge in [-0.05, 0) is 40.0 Å². The van der Waals surface area contributed by atoms with Gasteiger partial charge in [-0.25, -0.2) is 9.59 Å². The number of aromatic nitrogens is 2. The van der Waals surface area contributed by atoms with Crippen LogP contribution in [-0.4, -0.2) is 45.1 Å². The Bertz CT molecular complexity index is 540. The Morgan fingerprint density at radius 1 is 1.30 bits per heavy atom. The number of nitrogens with zero attached hydrogens (tertiary/aromatic N) is 2. The van der Waals surface area contributed by atoms with Gasteiger partial charge in [-0.15, -0.1) is 0 Å². The van der Waals surface area contributed by atoms with Crippen molar-refractivity contribution >= 4 is 12.2 Å². The fourth-order valence-electron chi connectivity index (χ4n) is 2.71. The highest BCUT2D eigenvalue weighted by Gasteiger charge is 2.36. The lowest BCUT2D eigenvalue weighted by atomic mass is 9.82. The molecule has 0 aliphatic heterocycles. The van der Waals surface area contributed by atoms with Gasteiger partial charge in [0.2, 0.25) is 5.89 Å². The molecule has 1 saturated carbocycles. The number of ether oxygens (including phenoxy) is 1. The average molecular weight is 326 g/mol. The summed E-state index contributed by atoms with van der Waals surface area (Å²) in [5.41, 5.74) is -0.625. The second-order valence-corrected chi connectivity index (χ2v) is 6.60. The maximum absolute atomic E-state index is 12.0. The maximum atomic E-state index is 12.0. The minimum Gasteiger partial charge on any atom is -0.465 e. The van der Waals surface area contributed by atoms with Gasteiger partial charge in [0, 0.05) is 5.92 Å². The van der Waals surface area contributed by atoms with E-state index in [-0.39, 0.29) is 12.0 Å². The average Bonchev–Trinajstić information content (AvgIpc) is 2.91. The van der Waals surface area contributed by atoms with E-state index in [9.17, 15) is 9.59 Å². The summed E-state index contributed by atoms with van der Waals surface area (Å²) in [7, 11) is 0. The van der Waals surface area contributed by atoms with Crippen molar-refractivity contribution in [1.82, 2.24) is 20.8 Å². The molecule has 0 bridgehead atoms. The molecule has 9 heteroatoms. The molecule has 0 saturated heterocycles. The summed E-state index contributed by atoms with van der Waals surface area (Å²) in [5, 5.41) is 17.7. The topological polar surface area (TPSA) is 127 Å². The molecule has 0 spiro atoms. The van der Waals surface area contributed by atoms with Crippen molar-refractivity contribution in [2.24, 2.45) is 0 Å². The van der Waals surface area contributed by atoms with Gasteiger partial charge in [0.1, 0.15) is 5.60 Å². The molecule has 1 aromatic rings. The van der Waals surface area contributed by atoms with Crippen molar-refractivity contribution in [2.45, 2.75) is 63.6 Å². The Balaban J connectivity index is 2.04. The third-order valence-corrected chi connectivity index (χ3v) is 3.59. The summed E-state index contributed by atoms with van der Waals surface area (Å²) in [6.07, 6.45) is 1.37. The number of carboxylic acid groups (broad SMARTS) is 1. The molecule has 1 fully saturated rings. The normalized spacial score (nSPS) is 24.7. The molecular weight excluding hydrogens is 304 g/mol. The SMILES string of the molecule is CC(C)(C)OC(=O)N[C@@H]1C[C@@H](c2ncno2)CC[C@@H]1NC(=O)O. The van der Waals surface area contributed by atoms with Crippen LogP contribution >= 0.6 is 0 Å². The maximum Gasteiger partial charge on any atom is 0.407 e. The van der Waals surface area contributed by atoms with Crippen LogP contribution in [0.25, 0.3) is 0 Å². The summed E-state index contributed by atoms with van der Waals surface area (Å²) in [4.78, 5) is 27.0. The molecule has 0 unspecified atom stereocenters. The molecule has 2 rings (SSSR count).